The van der Waals surface area contributed by atoms with Gasteiger partial charge in [-0.2, -0.15) is 0 Å². The zero-order valence-electron chi connectivity index (χ0n) is 14.4. The van der Waals surface area contributed by atoms with Crippen LogP contribution in [0.25, 0.3) is 0 Å². The van der Waals surface area contributed by atoms with Crippen LogP contribution in [0.4, 0.5) is 0 Å². The fraction of sp³-hybridized carbons (Fsp3) is 0.238. The van der Waals surface area contributed by atoms with Gasteiger partial charge in [0.15, 0.2) is 0 Å². The van der Waals surface area contributed by atoms with E-state index in [-0.39, 0.29) is 16.6 Å². The molecule has 0 aromatic heterocycles. The van der Waals surface area contributed by atoms with E-state index >= 15 is 0 Å². The van der Waals surface area contributed by atoms with Gasteiger partial charge in [-0.1, -0.05) is 66.2 Å². The first-order valence-electron chi connectivity index (χ1n) is 8.86. The number of carbonyl (C=O) groups excluding carboxylic acids is 2. The summed E-state index contributed by atoms with van der Waals surface area (Å²) >= 11 is 6.32. The van der Waals surface area contributed by atoms with Crippen LogP contribution in [-0.2, 0) is 6.54 Å². The maximum atomic E-state index is 12.9. The molecule has 132 valence electrons. The molecule has 0 atom stereocenters. The van der Waals surface area contributed by atoms with Crippen molar-refractivity contribution in [2.24, 2.45) is 0 Å². The van der Waals surface area contributed by atoms with Crippen molar-refractivity contribution in [2.45, 2.75) is 6.54 Å². The molecular formula is C21H20ClN2O2+. The van der Waals surface area contributed by atoms with Crippen LogP contribution in [0.15, 0.2) is 65.3 Å². The first-order valence-corrected chi connectivity index (χ1v) is 9.23. The molecule has 0 spiro atoms. The summed E-state index contributed by atoms with van der Waals surface area (Å²) in [5.41, 5.74) is 2.54. The molecule has 5 heteroatoms. The van der Waals surface area contributed by atoms with Crippen LogP contribution in [0.5, 0.6) is 0 Å². The first kappa shape index (κ1) is 17.0. The second kappa shape index (κ2) is 7.06. The largest absolute Gasteiger partial charge is 0.356 e. The van der Waals surface area contributed by atoms with E-state index in [1.807, 2.05) is 11.0 Å². The minimum atomic E-state index is -0.254. The van der Waals surface area contributed by atoms with E-state index in [9.17, 15) is 9.59 Å². The Morgan fingerprint density at radius 3 is 2.08 bits per heavy atom. The lowest BCUT2D eigenvalue weighted by Crippen LogP contribution is -3.13. The van der Waals surface area contributed by atoms with Crippen molar-refractivity contribution in [1.82, 2.24) is 4.90 Å². The van der Waals surface area contributed by atoms with Gasteiger partial charge in [-0.3, -0.25) is 9.59 Å². The Hall–Kier alpha value is -2.43. The van der Waals surface area contributed by atoms with Crippen LogP contribution in [0.3, 0.4) is 0 Å². The number of ketones is 2. The molecule has 1 aliphatic carbocycles. The lowest BCUT2D eigenvalue weighted by atomic mass is 9.91. The van der Waals surface area contributed by atoms with Crippen LogP contribution in [0, 0.1) is 0 Å². The quantitative estimate of drug-likeness (QED) is 0.901. The van der Waals surface area contributed by atoms with Gasteiger partial charge in [-0.15, -0.1) is 0 Å². The standard InChI is InChI=1S/C21H19ClN2O2/c22-18-19(21(26)17-9-5-4-8-16(17)20(18)25)24-12-10-23(11-13-24)14-15-6-2-1-3-7-15/h1-9H,10-14H2/p+1. The number of quaternary nitrogens is 1. The fourth-order valence-electron chi connectivity index (χ4n) is 3.72. The van der Waals surface area contributed by atoms with Crippen molar-refractivity contribution in [3.8, 4) is 0 Å². The molecule has 0 bridgehead atoms. The number of rotatable bonds is 3. The highest BCUT2D eigenvalue weighted by molar-refractivity contribution is 6.49. The summed E-state index contributed by atoms with van der Waals surface area (Å²) in [7, 11) is 0. The first-order chi connectivity index (χ1) is 12.6. The number of allylic oxidation sites excluding steroid dienone is 2. The number of nitrogens with one attached hydrogen (secondary N) is 1. The van der Waals surface area contributed by atoms with E-state index < -0.39 is 0 Å². The third-order valence-corrected chi connectivity index (χ3v) is 5.47. The molecule has 2 aliphatic rings. The smallest absolute Gasteiger partial charge is 0.211 e. The van der Waals surface area contributed by atoms with Gasteiger partial charge in [-0.25, -0.2) is 0 Å². The zero-order chi connectivity index (χ0) is 18.1. The van der Waals surface area contributed by atoms with Gasteiger partial charge in [0, 0.05) is 16.7 Å². The lowest BCUT2D eigenvalue weighted by molar-refractivity contribution is -0.917. The van der Waals surface area contributed by atoms with Gasteiger partial charge in [0.05, 0.1) is 26.2 Å². The number of nitrogens with zero attached hydrogens (tertiary/aromatic N) is 1. The molecule has 1 saturated heterocycles. The molecule has 0 unspecified atom stereocenters. The number of halogens is 1. The molecule has 0 radical (unpaired) electrons. The Labute approximate surface area is 157 Å². The fourth-order valence-corrected chi connectivity index (χ4v) is 4.03. The van der Waals surface area contributed by atoms with Crippen molar-refractivity contribution < 1.29 is 14.5 Å². The van der Waals surface area contributed by atoms with Gasteiger partial charge >= 0.3 is 0 Å². The molecule has 1 N–H and O–H groups in total. The predicted octanol–water partition coefficient (Wildman–Crippen LogP) is 1.92. The molecule has 2 aromatic carbocycles. The van der Waals surface area contributed by atoms with Gasteiger partial charge in [0.1, 0.15) is 17.3 Å². The van der Waals surface area contributed by atoms with E-state index in [2.05, 4.69) is 24.3 Å². The Morgan fingerprint density at radius 1 is 0.846 bits per heavy atom. The Bertz CT molecular complexity index is 884. The second-order valence-corrected chi connectivity index (χ2v) is 7.14. The minimum absolute atomic E-state index is 0.0557. The SMILES string of the molecule is O=C1C(Cl)=C(N2CC[NH+](Cc3ccccc3)CC2)C(=O)c2ccccc21. The maximum absolute atomic E-state index is 12.9. The van der Waals surface area contributed by atoms with E-state index in [0.717, 1.165) is 32.7 Å². The highest BCUT2D eigenvalue weighted by Crippen LogP contribution is 2.30. The third kappa shape index (κ3) is 3.06. The summed E-state index contributed by atoms with van der Waals surface area (Å²) in [5, 5.41) is 0.0557. The number of Topliss-reactive ketones (excluding diaryl/α,β-unsaturated/α-hetero) is 2. The van der Waals surface area contributed by atoms with Crippen LogP contribution in [0.1, 0.15) is 26.3 Å². The van der Waals surface area contributed by atoms with E-state index in [4.69, 9.17) is 11.6 Å². The predicted molar refractivity (Wildman–Crippen MR) is 100 cm³/mol. The summed E-state index contributed by atoms with van der Waals surface area (Å²) < 4.78 is 0. The maximum Gasteiger partial charge on any atom is 0.211 e. The van der Waals surface area contributed by atoms with Crippen LogP contribution in [-0.4, -0.2) is 42.6 Å². The Balaban J connectivity index is 1.50. The van der Waals surface area contributed by atoms with Gasteiger partial charge in [0.25, 0.3) is 0 Å². The minimum Gasteiger partial charge on any atom is -0.356 e. The van der Waals surface area contributed by atoms with Crippen molar-refractivity contribution in [3.05, 3.63) is 82.0 Å². The molecule has 1 fully saturated rings. The van der Waals surface area contributed by atoms with E-state index in [1.165, 1.54) is 10.5 Å². The summed E-state index contributed by atoms with van der Waals surface area (Å²) in [6.45, 7) is 4.22. The molecule has 0 amide bonds. The summed E-state index contributed by atoms with van der Waals surface area (Å²) in [6, 6.07) is 17.3. The van der Waals surface area contributed by atoms with Gasteiger partial charge < -0.3 is 9.80 Å². The highest BCUT2D eigenvalue weighted by atomic mass is 35.5. The lowest BCUT2D eigenvalue weighted by Gasteiger charge is -2.36. The summed E-state index contributed by atoms with van der Waals surface area (Å²) in [5.74, 6) is -0.396. The van der Waals surface area contributed by atoms with E-state index in [0.29, 0.717) is 16.8 Å². The number of benzene rings is 2. The third-order valence-electron chi connectivity index (χ3n) is 5.12. The van der Waals surface area contributed by atoms with E-state index in [1.54, 1.807) is 24.3 Å². The van der Waals surface area contributed by atoms with Crippen LogP contribution < -0.4 is 4.90 Å². The number of hydrogen-bond acceptors (Lipinski definition) is 3. The topological polar surface area (TPSA) is 41.8 Å². The molecule has 2 aromatic rings. The molecule has 26 heavy (non-hydrogen) atoms. The average molecular weight is 368 g/mol. The van der Waals surface area contributed by atoms with Crippen LogP contribution >= 0.6 is 11.6 Å². The van der Waals surface area contributed by atoms with Crippen molar-refractivity contribution in [2.75, 3.05) is 26.2 Å². The monoisotopic (exact) mass is 367 g/mol. The van der Waals surface area contributed by atoms with Crippen molar-refractivity contribution in [1.29, 1.82) is 0 Å². The molecule has 4 rings (SSSR count). The number of piperazine rings is 1. The molecule has 1 aliphatic heterocycles. The molecule has 4 nitrogen and oxygen atoms in total. The van der Waals surface area contributed by atoms with Crippen molar-refractivity contribution >= 4 is 23.2 Å². The molecule has 1 heterocycles. The van der Waals surface area contributed by atoms with Gasteiger partial charge in [-0.05, 0) is 0 Å². The number of fused-ring (bicyclic) bond motifs is 1. The highest BCUT2D eigenvalue weighted by Gasteiger charge is 2.35. The zero-order valence-corrected chi connectivity index (χ0v) is 15.1. The van der Waals surface area contributed by atoms with Gasteiger partial charge in [0.2, 0.25) is 11.6 Å². The van der Waals surface area contributed by atoms with Crippen molar-refractivity contribution in [3.63, 3.8) is 0 Å². The second-order valence-electron chi connectivity index (χ2n) is 6.77. The Morgan fingerprint density at radius 2 is 1.42 bits per heavy atom. The molecule has 0 saturated carbocycles. The normalized spacial score (nSPS) is 18.3. The van der Waals surface area contributed by atoms with Crippen LogP contribution in [0.2, 0.25) is 0 Å². The average Bonchev–Trinajstić information content (AvgIpc) is 2.68. The number of hydrogen-bond donors (Lipinski definition) is 1. The molecular weight excluding hydrogens is 348 g/mol. The number of carbonyl (C=O) groups is 2. The summed E-state index contributed by atoms with van der Waals surface area (Å²) in [4.78, 5) is 28.9. The summed E-state index contributed by atoms with van der Waals surface area (Å²) in [6.07, 6.45) is 0. The Kier molecular flexibility index (Phi) is 4.62.